The molecule has 1 saturated heterocycles. The van der Waals surface area contributed by atoms with Crippen LogP contribution >= 0.6 is 12.6 Å². The van der Waals surface area contributed by atoms with Crippen molar-refractivity contribution in [2.24, 2.45) is 5.73 Å². The Kier molecular flexibility index (Phi) is 6.86. The van der Waals surface area contributed by atoms with Gasteiger partial charge in [-0.3, -0.25) is 0 Å². The number of aliphatic hydroxyl groups is 3. The van der Waals surface area contributed by atoms with Gasteiger partial charge in [0.25, 0.3) is 0 Å². The maximum atomic E-state index is 9.81. The van der Waals surface area contributed by atoms with Gasteiger partial charge in [0.2, 0.25) is 0 Å². The first-order valence-electron chi connectivity index (χ1n) is 6.16. The molecule has 0 radical (unpaired) electrons. The van der Waals surface area contributed by atoms with Crippen LogP contribution in [0, 0.1) is 0 Å². The smallest absolute Gasteiger partial charge is 0.175 e. The lowest BCUT2D eigenvalue weighted by Crippen LogP contribution is -2.66. The predicted octanol–water partition coefficient (Wildman–Crippen LogP) is -1.13. The van der Waals surface area contributed by atoms with E-state index in [0.29, 0.717) is 6.61 Å². The number of nitrogens with two attached hydrogens (primary N) is 1. The predicted molar refractivity (Wildman–Crippen MR) is 69.4 cm³/mol. The number of aliphatic hydroxyl groups excluding tert-OH is 2. The highest BCUT2D eigenvalue weighted by molar-refractivity contribution is 7.80. The fourth-order valence-corrected chi connectivity index (χ4v) is 2.04. The molecule has 0 spiro atoms. The van der Waals surface area contributed by atoms with Crippen molar-refractivity contribution < 1.29 is 24.8 Å². The summed E-state index contributed by atoms with van der Waals surface area (Å²) in [5, 5.41) is 28.6. The zero-order chi connectivity index (χ0) is 13.6. The van der Waals surface area contributed by atoms with E-state index in [-0.39, 0.29) is 6.61 Å². The van der Waals surface area contributed by atoms with E-state index in [2.05, 4.69) is 12.6 Å². The van der Waals surface area contributed by atoms with Crippen molar-refractivity contribution in [2.75, 3.05) is 25.6 Å². The molecule has 1 heterocycles. The van der Waals surface area contributed by atoms with E-state index in [1.807, 2.05) is 0 Å². The van der Waals surface area contributed by atoms with Gasteiger partial charge in [-0.25, -0.2) is 0 Å². The van der Waals surface area contributed by atoms with Gasteiger partial charge in [-0.15, -0.1) is 0 Å². The summed E-state index contributed by atoms with van der Waals surface area (Å²) in [6.07, 6.45) is 0.889. The molecule has 0 amide bonds. The molecule has 108 valence electrons. The maximum absolute atomic E-state index is 9.81. The van der Waals surface area contributed by atoms with Crippen LogP contribution in [0.3, 0.4) is 0 Å². The Hall–Kier alpha value is 0.110. The molecule has 7 heteroatoms. The molecule has 1 fully saturated rings. The van der Waals surface area contributed by atoms with Gasteiger partial charge in [-0.05, 0) is 18.6 Å². The molecule has 1 aliphatic heterocycles. The highest BCUT2D eigenvalue weighted by Crippen LogP contribution is 2.23. The van der Waals surface area contributed by atoms with Crippen molar-refractivity contribution in [3.63, 3.8) is 0 Å². The third-order valence-electron chi connectivity index (χ3n) is 3.09. The van der Waals surface area contributed by atoms with Crippen LogP contribution in [0.4, 0.5) is 0 Å². The van der Waals surface area contributed by atoms with E-state index >= 15 is 0 Å². The van der Waals surface area contributed by atoms with E-state index in [0.717, 1.165) is 25.0 Å². The monoisotopic (exact) mass is 281 g/mol. The number of unbranched alkanes of at least 4 members (excludes halogenated alkanes) is 2. The van der Waals surface area contributed by atoms with Gasteiger partial charge in [0.05, 0.1) is 19.3 Å². The van der Waals surface area contributed by atoms with Crippen molar-refractivity contribution >= 4 is 12.6 Å². The molecule has 0 bridgehead atoms. The lowest BCUT2D eigenvalue weighted by Gasteiger charge is -2.42. The Balaban J connectivity index is 2.32. The molecule has 1 aliphatic rings. The molecule has 5 N–H and O–H groups in total. The van der Waals surface area contributed by atoms with Gasteiger partial charge < -0.3 is 30.5 Å². The lowest BCUT2D eigenvalue weighted by molar-refractivity contribution is -0.267. The average molecular weight is 281 g/mol. The Morgan fingerprint density at radius 1 is 1.39 bits per heavy atom. The van der Waals surface area contributed by atoms with Gasteiger partial charge in [0.1, 0.15) is 11.7 Å². The summed E-state index contributed by atoms with van der Waals surface area (Å²) in [5.74, 6) is 0.849. The second-order valence-electron chi connectivity index (χ2n) is 4.62. The zero-order valence-corrected chi connectivity index (χ0v) is 11.3. The molecule has 4 atom stereocenters. The Morgan fingerprint density at radius 3 is 2.72 bits per heavy atom. The minimum Gasteiger partial charge on any atom is -0.393 e. The molecule has 6 nitrogen and oxygen atoms in total. The quantitative estimate of drug-likeness (QED) is 0.299. The number of ether oxygens (including phenoxy) is 2. The summed E-state index contributed by atoms with van der Waals surface area (Å²) in [6.45, 7) is -0.313. The van der Waals surface area contributed by atoms with Gasteiger partial charge in [-0.2, -0.15) is 12.6 Å². The minimum atomic E-state index is -1.70. The number of rotatable bonds is 7. The second-order valence-corrected chi connectivity index (χ2v) is 5.07. The third kappa shape index (κ3) is 4.06. The van der Waals surface area contributed by atoms with Crippen LogP contribution in [0.25, 0.3) is 0 Å². The summed E-state index contributed by atoms with van der Waals surface area (Å²) in [5.41, 5.74) is 4.03. The van der Waals surface area contributed by atoms with E-state index in [9.17, 15) is 10.2 Å². The normalized spacial score (nSPS) is 36.8. The Morgan fingerprint density at radius 2 is 2.11 bits per heavy atom. The summed E-state index contributed by atoms with van der Waals surface area (Å²) in [7, 11) is 0. The van der Waals surface area contributed by atoms with E-state index in [4.69, 9.17) is 20.3 Å². The van der Waals surface area contributed by atoms with Crippen LogP contribution in [0.5, 0.6) is 0 Å². The molecule has 0 aromatic heterocycles. The molecule has 0 saturated carbocycles. The SMILES string of the molecule is NC1C(OCCCCCS)OC[C@](O)(CO)[C@@H]1O. The molecule has 1 rings (SSSR count). The Labute approximate surface area is 112 Å². The van der Waals surface area contributed by atoms with Crippen LogP contribution in [0.1, 0.15) is 19.3 Å². The van der Waals surface area contributed by atoms with Crippen LogP contribution in [0.15, 0.2) is 0 Å². The summed E-state index contributed by atoms with van der Waals surface area (Å²) in [4.78, 5) is 0. The van der Waals surface area contributed by atoms with E-state index < -0.39 is 30.6 Å². The second kappa shape index (κ2) is 7.64. The van der Waals surface area contributed by atoms with Crippen molar-refractivity contribution in [1.29, 1.82) is 0 Å². The van der Waals surface area contributed by atoms with Gasteiger partial charge in [0, 0.05) is 6.61 Å². The molecule has 18 heavy (non-hydrogen) atoms. The number of thiol groups is 1. The van der Waals surface area contributed by atoms with Crippen molar-refractivity contribution in [3.8, 4) is 0 Å². The first-order valence-corrected chi connectivity index (χ1v) is 6.79. The molecular formula is C11H23NO5S. The zero-order valence-electron chi connectivity index (χ0n) is 10.4. The maximum Gasteiger partial charge on any atom is 0.175 e. The first-order chi connectivity index (χ1) is 8.55. The Bertz CT molecular complexity index is 245. The van der Waals surface area contributed by atoms with Crippen molar-refractivity contribution in [1.82, 2.24) is 0 Å². The highest BCUT2D eigenvalue weighted by Gasteiger charge is 2.47. The largest absolute Gasteiger partial charge is 0.393 e. The van der Waals surface area contributed by atoms with E-state index in [1.54, 1.807) is 0 Å². The minimum absolute atomic E-state index is 0.195. The van der Waals surface area contributed by atoms with Gasteiger partial charge >= 0.3 is 0 Å². The van der Waals surface area contributed by atoms with Crippen molar-refractivity contribution in [2.45, 2.75) is 43.3 Å². The molecular weight excluding hydrogens is 258 g/mol. The van der Waals surface area contributed by atoms with Crippen LogP contribution < -0.4 is 5.73 Å². The average Bonchev–Trinajstić information content (AvgIpc) is 2.38. The molecule has 0 aromatic rings. The van der Waals surface area contributed by atoms with E-state index in [1.165, 1.54) is 0 Å². The topological polar surface area (TPSA) is 105 Å². The first kappa shape index (κ1) is 16.2. The van der Waals surface area contributed by atoms with Gasteiger partial charge in [-0.1, -0.05) is 6.42 Å². The standard InChI is InChI=1S/C11H23NO5S/c12-8-9(14)11(15,6-13)7-17-10(8)16-4-2-1-3-5-18/h8-10,13-15,18H,1-7,12H2/t8?,9-,10?,11-/m1/s1. The number of hydrogen-bond donors (Lipinski definition) is 5. The lowest BCUT2D eigenvalue weighted by atomic mass is 9.90. The van der Waals surface area contributed by atoms with Gasteiger partial charge in [0.15, 0.2) is 6.29 Å². The van der Waals surface area contributed by atoms with Crippen LogP contribution in [-0.4, -0.2) is 64.9 Å². The van der Waals surface area contributed by atoms with Crippen molar-refractivity contribution in [3.05, 3.63) is 0 Å². The summed E-state index contributed by atoms with van der Waals surface area (Å²) >= 11 is 4.11. The van der Waals surface area contributed by atoms with Crippen LogP contribution in [0.2, 0.25) is 0 Å². The molecule has 0 aliphatic carbocycles. The number of hydrogen-bond acceptors (Lipinski definition) is 7. The molecule has 0 aromatic carbocycles. The third-order valence-corrected chi connectivity index (χ3v) is 3.40. The summed E-state index contributed by atoms with van der Waals surface area (Å²) in [6, 6.07) is -0.874. The molecule has 2 unspecified atom stereocenters. The fourth-order valence-electron chi connectivity index (χ4n) is 1.82. The van der Waals surface area contributed by atoms with Crippen LogP contribution in [-0.2, 0) is 9.47 Å². The summed E-state index contributed by atoms with van der Waals surface area (Å²) < 4.78 is 10.7. The fraction of sp³-hybridized carbons (Fsp3) is 1.00. The highest BCUT2D eigenvalue weighted by atomic mass is 32.1.